The molecule has 1 unspecified atom stereocenters. The third-order valence-electron chi connectivity index (χ3n) is 2.58. The summed E-state index contributed by atoms with van der Waals surface area (Å²) in [6, 6.07) is 5.29. The van der Waals surface area contributed by atoms with Crippen molar-refractivity contribution in [3.8, 4) is 0 Å². The van der Waals surface area contributed by atoms with E-state index >= 15 is 0 Å². The van der Waals surface area contributed by atoms with Gasteiger partial charge in [0.15, 0.2) is 0 Å². The third kappa shape index (κ3) is 4.03. The maximum Gasteiger partial charge on any atom is 0.315 e. The van der Waals surface area contributed by atoms with Crippen molar-refractivity contribution in [2.24, 2.45) is 0 Å². The second-order valence-electron chi connectivity index (χ2n) is 4.16. The molecular weight excluding hydrogens is 260 g/mol. The molecule has 100 valence electrons. The summed E-state index contributed by atoms with van der Waals surface area (Å²) < 4.78 is 0. The van der Waals surface area contributed by atoms with Crippen molar-refractivity contribution in [3.05, 3.63) is 46.2 Å². The number of carbonyl (C=O) groups is 1. The molecule has 2 rings (SSSR count). The van der Waals surface area contributed by atoms with Crippen molar-refractivity contribution in [2.45, 2.75) is 26.4 Å². The molecule has 0 fully saturated rings. The standard InChI is InChI=1S/C13H16N4OS/c1-9(12-5-3-4-6-14-12)16-13(18)15-7-11-8-19-10(2)17-11/h3-6,8-9H,7H2,1-2H3,(H2,15,16,18). The largest absolute Gasteiger partial charge is 0.332 e. The van der Waals surface area contributed by atoms with E-state index < -0.39 is 0 Å². The molecule has 0 saturated carbocycles. The van der Waals surface area contributed by atoms with Crippen LogP contribution in [0.25, 0.3) is 0 Å². The molecule has 1 atom stereocenters. The molecule has 0 aliphatic heterocycles. The van der Waals surface area contributed by atoms with Crippen molar-refractivity contribution in [2.75, 3.05) is 0 Å². The fourth-order valence-corrected chi connectivity index (χ4v) is 2.23. The molecule has 0 radical (unpaired) electrons. The lowest BCUT2D eigenvalue weighted by Gasteiger charge is -2.13. The zero-order valence-corrected chi connectivity index (χ0v) is 11.7. The minimum Gasteiger partial charge on any atom is -0.332 e. The van der Waals surface area contributed by atoms with Crippen molar-refractivity contribution >= 4 is 17.4 Å². The molecule has 0 spiro atoms. The van der Waals surface area contributed by atoms with Gasteiger partial charge in [0.05, 0.1) is 29.0 Å². The van der Waals surface area contributed by atoms with E-state index in [9.17, 15) is 4.79 Å². The van der Waals surface area contributed by atoms with E-state index in [0.29, 0.717) is 6.54 Å². The van der Waals surface area contributed by atoms with Crippen LogP contribution < -0.4 is 10.6 Å². The molecule has 5 nitrogen and oxygen atoms in total. The smallest absolute Gasteiger partial charge is 0.315 e. The average Bonchev–Trinajstić information content (AvgIpc) is 2.83. The molecule has 0 saturated heterocycles. The number of urea groups is 1. The number of nitrogens with one attached hydrogen (secondary N) is 2. The van der Waals surface area contributed by atoms with Gasteiger partial charge in [0.2, 0.25) is 0 Å². The minimum atomic E-state index is -0.219. The third-order valence-corrected chi connectivity index (χ3v) is 3.40. The Labute approximate surface area is 116 Å². The molecule has 2 aromatic heterocycles. The van der Waals surface area contributed by atoms with E-state index in [1.165, 1.54) is 0 Å². The van der Waals surface area contributed by atoms with Crippen LogP contribution in [-0.2, 0) is 6.54 Å². The van der Waals surface area contributed by atoms with Crippen molar-refractivity contribution in [1.82, 2.24) is 20.6 Å². The molecule has 2 N–H and O–H groups in total. The van der Waals surface area contributed by atoms with Gasteiger partial charge in [-0.15, -0.1) is 11.3 Å². The van der Waals surface area contributed by atoms with Crippen molar-refractivity contribution < 1.29 is 4.79 Å². The lowest BCUT2D eigenvalue weighted by molar-refractivity contribution is 0.237. The summed E-state index contributed by atoms with van der Waals surface area (Å²) >= 11 is 1.57. The van der Waals surface area contributed by atoms with Gasteiger partial charge in [0.1, 0.15) is 0 Å². The SMILES string of the molecule is Cc1nc(CNC(=O)NC(C)c2ccccn2)cs1. The molecule has 0 aromatic carbocycles. The van der Waals surface area contributed by atoms with Gasteiger partial charge < -0.3 is 10.6 Å². The van der Waals surface area contributed by atoms with Crippen LogP contribution in [0.5, 0.6) is 0 Å². The number of thiazole rings is 1. The molecule has 0 aliphatic carbocycles. The van der Waals surface area contributed by atoms with Crippen LogP contribution in [-0.4, -0.2) is 16.0 Å². The predicted molar refractivity (Wildman–Crippen MR) is 74.9 cm³/mol. The molecule has 2 aromatic rings. The molecule has 19 heavy (non-hydrogen) atoms. The summed E-state index contributed by atoms with van der Waals surface area (Å²) in [4.78, 5) is 20.2. The van der Waals surface area contributed by atoms with Gasteiger partial charge in [-0.25, -0.2) is 9.78 Å². The monoisotopic (exact) mass is 276 g/mol. The van der Waals surface area contributed by atoms with Gasteiger partial charge in [-0.1, -0.05) is 6.07 Å². The predicted octanol–water partition coefficient (Wildman–Crippen LogP) is 2.41. The van der Waals surface area contributed by atoms with Crippen LogP contribution in [0.15, 0.2) is 29.8 Å². The Kier molecular flexibility index (Phi) is 4.46. The molecular formula is C13H16N4OS. The number of hydrogen-bond acceptors (Lipinski definition) is 4. The van der Waals surface area contributed by atoms with Gasteiger partial charge >= 0.3 is 6.03 Å². The van der Waals surface area contributed by atoms with E-state index in [0.717, 1.165) is 16.4 Å². The van der Waals surface area contributed by atoms with Crippen LogP contribution in [0.1, 0.15) is 29.4 Å². The van der Waals surface area contributed by atoms with Crippen LogP contribution in [0.2, 0.25) is 0 Å². The number of rotatable bonds is 4. The number of pyridine rings is 1. The fraction of sp³-hybridized carbons (Fsp3) is 0.308. The first-order chi connectivity index (χ1) is 9.15. The van der Waals surface area contributed by atoms with E-state index in [4.69, 9.17) is 0 Å². The first-order valence-corrected chi connectivity index (χ1v) is 6.89. The van der Waals surface area contributed by atoms with Crippen LogP contribution in [0, 0.1) is 6.92 Å². The molecule has 6 heteroatoms. The summed E-state index contributed by atoms with van der Waals surface area (Å²) in [5.74, 6) is 0. The minimum absolute atomic E-state index is 0.127. The Morgan fingerprint density at radius 1 is 1.47 bits per heavy atom. The molecule has 2 amide bonds. The average molecular weight is 276 g/mol. The maximum atomic E-state index is 11.7. The van der Waals surface area contributed by atoms with Crippen LogP contribution in [0.4, 0.5) is 4.79 Å². The van der Waals surface area contributed by atoms with E-state index in [1.54, 1.807) is 17.5 Å². The first-order valence-electron chi connectivity index (χ1n) is 6.01. The summed E-state index contributed by atoms with van der Waals surface area (Å²) in [6.45, 7) is 4.28. The zero-order valence-electron chi connectivity index (χ0n) is 10.9. The maximum absolute atomic E-state index is 11.7. The zero-order chi connectivity index (χ0) is 13.7. The highest BCUT2D eigenvalue weighted by Crippen LogP contribution is 2.08. The lowest BCUT2D eigenvalue weighted by Crippen LogP contribution is -2.36. The Balaban J connectivity index is 1.81. The second-order valence-corrected chi connectivity index (χ2v) is 5.22. The van der Waals surface area contributed by atoms with Gasteiger partial charge in [0, 0.05) is 11.6 Å². The Morgan fingerprint density at radius 2 is 2.32 bits per heavy atom. The Bertz CT molecular complexity index is 541. The van der Waals surface area contributed by atoms with Crippen LogP contribution >= 0.6 is 11.3 Å². The summed E-state index contributed by atoms with van der Waals surface area (Å²) in [5.41, 5.74) is 1.71. The Hall–Kier alpha value is -1.95. The number of aromatic nitrogens is 2. The molecule has 2 heterocycles. The highest BCUT2D eigenvalue weighted by Gasteiger charge is 2.10. The molecule has 0 aliphatic rings. The lowest BCUT2D eigenvalue weighted by atomic mass is 10.2. The van der Waals surface area contributed by atoms with E-state index in [2.05, 4.69) is 20.6 Å². The van der Waals surface area contributed by atoms with Gasteiger partial charge in [0.25, 0.3) is 0 Å². The number of hydrogen-bond donors (Lipinski definition) is 2. The van der Waals surface area contributed by atoms with E-state index in [-0.39, 0.29) is 12.1 Å². The first kappa shape index (κ1) is 13.5. The summed E-state index contributed by atoms with van der Waals surface area (Å²) in [7, 11) is 0. The summed E-state index contributed by atoms with van der Waals surface area (Å²) in [5, 5.41) is 8.56. The Morgan fingerprint density at radius 3 is 2.95 bits per heavy atom. The number of carbonyl (C=O) groups excluding carboxylic acids is 1. The molecule has 0 bridgehead atoms. The van der Waals surface area contributed by atoms with Gasteiger partial charge in [-0.3, -0.25) is 4.98 Å². The van der Waals surface area contributed by atoms with Gasteiger partial charge in [-0.2, -0.15) is 0 Å². The van der Waals surface area contributed by atoms with Crippen LogP contribution in [0.3, 0.4) is 0 Å². The topological polar surface area (TPSA) is 66.9 Å². The second kappa shape index (κ2) is 6.29. The normalized spacial score (nSPS) is 11.9. The van der Waals surface area contributed by atoms with Gasteiger partial charge in [-0.05, 0) is 26.0 Å². The number of aryl methyl sites for hydroxylation is 1. The summed E-state index contributed by atoms with van der Waals surface area (Å²) in [6.07, 6.45) is 1.71. The number of amides is 2. The highest BCUT2D eigenvalue weighted by atomic mass is 32.1. The fourth-order valence-electron chi connectivity index (χ4n) is 1.61. The highest BCUT2D eigenvalue weighted by molar-refractivity contribution is 7.09. The van der Waals surface area contributed by atoms with Crippen molar-refractivity contribution in [3.63, 3.8) is 0 Å². The number of nitrogens with zero attached hydrogens (tertiary/aromatic N) is 2. The van der Waals surface area contributed by atoms with E-state index in [1.807, 2.05) is 37.4 Å². The van der Waals surface area contributed by atoms with Crippen molar-refractivity contribution in [1.29, 1.82) is 0 Å². The quantitative estimate of drug-likeness (QED) is 0.901.